The van der Waals surface area contributed by atoms with Crippen molar-refractivity contribution in [2.75, 3.05) is 19.0 Å². The molecule has 5 heteroatoms. The first kappa shape index (κ1) is 15.8. The summed E-state index contributed by atoms with van der Waals surface area (Å²) in [5.41, 5.74) is 0.354. The Kier molecular flexibility index (Phi) is 5.63. The highest BCUT2D eigenvalue weighted by atomic mass is 35.5. The number of anilines is 1. The van der Waals surface area contributed by atoms with Crippen molar-refractivity contribution in [2.45, 2.75) is 31.7 Å². The zero-order valence-corrected chi connectivity index (χ0v) is 12.2. The molecule has 1 fully saturated rings. The number of piperidine rings is 1. The van der Waals surface area contributed by atoms with Crippen molar-refractivity contribution in [3.8, 4) is 5.75 Å². The molecule has 2 N–H and O–H groups in total. The minimum atomic E-state index is -0.446. The number of hydrogen-bond acceptors (Lipinski definition) is 3. The molecular weight excluding hydrogens is 264 g/mol. The number of carbonyl (C=O) groups excluding carboxylic acids is 1. The van der Waals surface area contributed by atoms with E-state index in [1.54, 1.807) is 7.11 Å². The van der Waals surface area contributed by atoms with Crippen molar-refractivity contribution in [3.05, 3.63) is 24.3 Å². The van der Waals surface area contributed by atoms with Gasteiger partial charge in [0.15, 0.2) is 0 Å². The molecule has 0 aliphatic carbocycles. The lowest BCUT2D eigenvalue weighted by Gasteiger charge is -2.33. The summed E-state index contributed by atoms with van der Waals surface area (Å²) in [5, 5.41) is 6.25. The SMILES string of the molecule is COc1ccc(NC(=O)C2(C)CCCCN2)cc1.Cl. The molecule has 1 aliphatic heterocycles. The molecule has 1 aromatic carbocycles. The Morgan fingerprint density at radius 2 is 2.00 bits per heavy atom. The van der Waals surface area contributed by atoms with Crippen LogP contribution in [-0.2, 0) is 4.79 Å². The number of methoxy groups -OCH3 is 1. The monoisotopic (exact) mass is 284 g/mol. The average molecular weight is 285 g/mol. The molecule has 106 valence electrons. The van der Waals surface area contributed by atoms with Crippen molar-refractivity contribution in [3.63, 3.8) is 0 Å². The maximum absolute atomic E-state index is 12.2. The fraction of sp³-hybridized carbons (Fsp3) is 0.500. The summed E-state index contributed by atoms with van der Waals surface area (Å²) in [5.74, 6) is 0.822. The first-order chi connectivity index (χ1) is 8.64. The summed E-state index contributed by atoms with van der Waals surface area (Å²) >= 11 is 0. The van der Waals surface area contributed by atoms with Crippen LogP contribution < -0.4 is 15.4 Å². The van der Waals surface area contributed by atoms with Crippen molar-refractivity contribution >= 4 is 24.0 Å². The average Bonchev–Trinajstić information content (AvgIpc) is 2.40. The molecule has 1 aromatic rings. The van der Waals surface area contributed by atoms with Crippen LogP contribution in [0.15, 0.2) is 24.3 Å². The van der Waals surface area contributed by atoms with E-state index in [1.165, 1.54) is 0 Å². The van der Waals surface area contributed by atoms with Gasteiger partial charge in [-0.25, -0.2) is 0 Å². The van der Waals surface area contributed by atoms with Crippen LogP contribution in [0.4, 0.5) is 5.69 Å². The zero-order valence-electron chi connectivity index (χ0n) is 11.4. The van der Waals surface area contributed by atoms with Gasteiger partial charge in [0, 0.05) is 5.69 Å². The molecule has 1 saturated heterocycles. The van der Waals surface area contributed by atoms with Gasteiger partial charge < -0.3 is 15.4 Å². The van der Waals surface area contributed by atoms with E-state index in [9.17, 15) is 4.79 Å². The van der Waals surface area contributed by atoms with Crippen LogP contribution in [0.5, 0.6) is 5.75 Å². The Labute approximate surface area is 120 Å². The van der Waals surface area contributed by atoms with Crippen LogP contribution in [-0.4, -0.2) is 25.1 Å². The molecule has 4 nitrogen and oxygen atoms in total. The number of halogens is 1. The molecule has 19 heavy (non-hydrogen) atoms. The van der Waals surface area contributed by atoms with Crippen LogP contribution >= 0.6 is 12.4 Å². The lowest BCUT2D eigenvalue weighted by Crippen LogP contribution is -2.54. The molecule has 1 amide bonds. The van der Waals surface area contributed by atoms with Crippen LogP contribution in [0.1, 0.15) is 26.2 Å². The lowest BCUT2D eigenvalue weighted by molar-refractivity contribution is -0.122. The first-order valence-electron chi connectivity index (χ1n) is 6.34. The van der Waals surface area contributed by atoms with E-state index in [0.717, 1.165) is 37.2 Å². The zero-order chi connectivity index (χ0) is 13.0. The minimum absolute atomic E-state index is 0. The van der Waals surface area contributed by atoms with Gasteiger partial charge in [-0.05, 0) is 57.0 Å². The summed E-state index contributed by atoms with van der Waals surface area (Å²) in [4.78, 5) is 12.2. The largest absolute Gasteiger partial charge is 0.497 e. The fourth-order valence-electron chi connectivity index (χ4n) is 2.19. The Morgan fingerprint density at radius 3 is 2.53 bits per heavy atom. The number of nitrogens with one attached hydrogen (secondary N) is 2. The Morgan fingerprint density at radius 1 is 1.32 bits per heavy atom. The van der Waals surface area contributed by atoms with Gasteiger partial charge in [-0.15, -0.1) is 12.4 Å². The van der Waals surface area contributed by atoms with Crippen LogP contribution in [0.25, 0.3) is 0 Å². The predicted octanol–water partition coefficient (Wildman–Crippen LogP) is 2.59. The molecule has 1 heterocycles. The molecule has 1 aliphatic rings. The highest BCUT2D eigenvalue weighted by molar-refractivity contribution is 5.97. The quantitative estimate of drug-likeness (QED) is 0.897. The van der Waals surface area contributed by atoms with E-state index >= 15 is 0 Å². The molecule has 0 spiro atoms. The molecular formula is C14H21ClN2O2. The van der Waals surface area contributed by atoms with Crippen molar-refractivity contribution in [2.24, 2.45) is 0 Å². The molecule has 2 rings (SSSR count). The van der Waals surface area contributed by atoms with E-state index in [4.69, 9.17) is 4.74 Å². The molecule has 0 saturated carbocycles. The second kappa shape index (κ2) is 6.78. The van der Waals surface area contributed by atoms with Crippen LogP contribution in [0, 0.1) is 0 Å². The van der Waals surface area contributed by atoms with Gasteiger partial charge in [0.25, 0.3) is 0 Å². The number of carbonyl (C=O) groups is 1. The van der Waals surface area contributed by atoms with Gasteiger partial charge in [-0.1, -0.05) is 0 Å². The summed E-state index contributed by atoms with van der Waals surface area (Å²) in [7, 11) is 1.63. The smallest absolute Gasteiger partial charge is 0.244 e. The molecule has 1 atom stereocenters. The molecule has 1 unspecified atom stereocenters. The summed E-state index contributed by atoms with van der Waals surface area (Å²) < 4.78 is 5.09. The summed E-state index contributed by atoms with van der Waals surface area (Å²) in [6, 6.07) is 7.38. The van der Waals surface area contributed by atoms with Gasteiger partial charge in [0.2, 0.25) is 5.91 Å². The highest BCUT2D eigenvalue weighted by Gasteiger charge is 2.34. The number of ether oxygens (including phenoxy) is 1. The Hall–Kier alpha value is -1.26. The second-order valence-corrected chi connectivity index (χ2v) is 4.90. The minimum Gasteiger partial charge on any atom is -0.497 e. The maximum Gasteiger partial charge on any atom is 0.244 e. The number of rotatable bonds is 3. The van der Waals surface area contributed by atoms with Gasteiger partial charge in [-0.2, -0.15) is 0 Å². The summed E-state index contributed by atoms with van der Waals surface area (Å²) in [6.45, 7) is 2.87. The van der Waals surface area contributed by atoms with E-state index in [1.807, 2.05) is 31.2 Å². The number of amides is 1. The van der Waals surface area contributed by atoms with Crippen molar-refractivity contribution in [1.82, 2.24) is 5.32 Å². The third-order valence-corrected chi connectivity index (χ3v) is 3.47. The van der Waals surface area contributed by atoms with Gasteiger partial charge >= 0.3 is 0 Å². The van der Waals surface area contributed by atoms with E-state index < -0.39 is 5.54 Å². The van der Waals surface area contributed by atoms with E-state index in [0.29, 0.717) is 0 Å². The normalized spacial score (nSPS) is 22.2. The molecule has 0 aromatic heterocycles. The summed E-state index contributed by atoms with van der Waals surface area (Å²) in [6.07, 6.45) is 3.12. The lowest BCUT2D eigenvalue weighted by atomic mass is 9.90. The van der Waals surface area contributed by atoms with E-state index in [-0.39, 0.29) is 18.3 Å². The third kappa shape index (κ3) is 3.85. The second-order valence-electron chi connectivity index (χ2n) is 4.90. The molecule has 0 radical (unpaired) electrons. The third-order valence-electron chi connectivity index (χ3n) is 3.47. The molecule has 0 bridgehead atoms. The van der Waals surface area contributed by atoms with Crippen molar-refractivity contribution < 1.29 is 9.53 Å². The van der Waals surface area contributed by atoms with Gasteiger partial charge in [0.05, 0.1) is 12.6 Å². The Bertz CT molecular complexity index is 414. The van der Waals surface area contributed by atoms with Gasteiger partial charge in [0.1, 0.15) is 5.75 Å². The number of hydrogen-bond donors (Lipinski definition) is 2. The fourth-order valence-corrected chi connectivity index (χ4v) is 2.19. The van der Waals surface area contributed by atoms with Crippen molar-refractivity contribution in [1.29, 1.82) is 0 Å². The Balaban J connectivity index is 0.00000180. The number of benzene rings is 1. The highest BCUT2D eigenvalue weighted by Crippen LogP contribution is 2.22. The standard InChI is InChI=1S/C14H20N2O2.ClH/c1-14(9-3-4-10-15-14)13(17)16-11-5-7-12(18-2)8-6-11;/h5-8,15H,3-4,9-10H2,1-2H3,(H,16,17);1H. The van der Waals surface area contributed by atoms with Crippen LogP contribution in [0.3, 0.4) is 0 Å². The topological polar surface area (TPSA) is 50.4 Å². The van der Waals surface area contributed by atoms with E-state index in [2.05, 4.69) is 10.6 Å². The predicted molar refractivity (Wildman–Crippen MR) is 79.1 cm³/mol. The first-order valence-corrected chi connectivity index (χ1v) is 6.34. The van der Waals surface area contributed by atoms with Gasteiger partial charge in [-0.3, -0.25) is 4.79 Å². The maximum atomic E-state index is 12.2. The van der Waals surface area contributed by atoms with Crippen LogP contribution in [0.2, 0.25) is 0 Å².